The van der Waals surface area contributed by atoms with Crippen LogP contribution in [0.15, 0.2) is 84.9 Å². The number of unbranched alkanes of at least 4 members (excludes halogenated alkanes) is 10. The Bertz CT molecular complexity index is 2660. The number of rotatable bonds is 42. The quantitative estimate of drug-likeness (QED) is 0.0326. The Morgan fingerprint density at radius 2 is 0.358 bits per heavy atom. The minimum Gasteiger partial charge on any atom is -0.455 e. The van der Waals surface area contributed by atoms with Gasteiger partial charge in [-0.2, -0.15) is 0 Å². The highest BCUT2D eigenvalue weighted by Gasteiger charge is 2.39. The van der Waals surface area contributed by atoms with E-state index in [0.717, 1.165) is 0 Å². The smallest absolute Gasteiger partial charge is 0.206 e. The SMILES string of the molecule is CCCCC[Si](C)(C)O[Si](C)(C)CCCCC.CCCC[Si](C)(C)O[Si](C)(C)CCCC.CCCC[Si](C)(C)O[Si](C)(C)CCCC.CCCC[Si](C)(C)O[Si](C)(C)CCCC.Cc1ccc([Si](C)(C)O[Si](C)(C)c2ccc(C)c(C)c2)cc1C.Cc1ccc([Si](C)(C)O[Si](C)(C)c2ccc(C)cc2)cc1. The zero-order valence-corrected chi connectivity index (χ0v) is 89.9. The molecule has 0 aliphatic rings. The lowest BCUT2D eigenvalue weighted by molar-refractivity contribution is 0.525. The van der Waals surface area contributed by atoms with Crippen LogP contribution in [0.2, 0.25) is 205 Å². The summed E-state index contributed by atoms with van der Waals surface area (Å²) in [6.45, 7) is 88.0. The van der Waals surface area contributed by atoms with Gasteiger partial charge in [-0.05, 0) is 290 Å². The molecule has 0 N–H and O–H groups in total. The molecule has 4 aromatic rings. The summed E-state index contributed by atoms with van der Waals surface area (Å²) in [5.74, 6) is 0. The van der Waals surface area contributed by atoms with Crippen LogP contribution in [0.5, 0.6) is 0 Å². The lowest BCUT2D eigenvalue weighted by atomic mass is 10.1. The normalized spacial score (nSPS) is 12.9. The van der Waals surface area contributed by atoms with E-state index in [2.05, 4.69) is 339 Å². The Morgan fingerprint density at radius 3 is 0.538 bits per heavy atom. The third kappa shape index (κ3) is 49.8. The van der Waals surface area contributed by atoms with Crippen molar-refractivity contribution in [2.75, 3.05) is 0 Å². The summed E-state index contributed by atoms with van der Waals surface area (Å²) < 4.78 is 39.7. The van der Waals surface area contributed by atoms with E-state index in [0.29, 0.717) is 0 Å². The van der Waals surface area contributed by atoms with E-state index < -0.39 is 99.8 Å². The van der Waals surface area contributed by atoms with Gasteiger partial charge in [-0.25, -0.2) is 0 Å². The maximum atomic E-state index is 6.86. The molecule has 18 heteroatoms. The van der Waals surface area contributed by atoms with Gasteiger partial charge in [-0.1, -0.05) is 267 Å². The number of aryl methyl sites for hydroxylation is 6. The maximum Gasteiger partial charge on any atom is 0.206 e. The van der Waals surface area contributed by atoms with Crippen LogP contribution in [0.25, 0.3) is 0 Å². The molecule has 0 saturated heterocycles. The van der Waals surface area contributed by atoms with Crippen LogP contribution in [-0.2, 0) is 24.7 Å². The van der Waals surface area contributed by atoms with E-state index in [4.69, 9.17) is 24.7 Å². The summed E-state index contributed by atoms with van der Waals surface area (Å²) in [4.78, 5) is 0. The van der Waals surface area contributed by atoms with Crippen LogP contribution in [0.1, 0.15) is 204 Å². The highest BCUT2D eigenvalue weighted by atomic mass is 28.4. The first-order valence-corrected chi connectivity index (χ1v) is 79.6. The van der Waals surface area contributed by atoms with Gasteiger partial charge in [0.25, 0.3) is 0 Å². The van der Waals surface area contributed by atoms with Crippen molar-refractivity contribution in [1.82, 2.24) is 0 Å². The first-order chi connectivity index (χ1) is 48.5. The van der Waals surface area contributed by atoms with Crippen LogP contribution in [0.4, 0.5) is 0 Å². The van der Waals surface area contributed by atoms with Crippen molar-refractivity contribution in [1.29, 1.82) is 0 Å². The third-order valence-electron chi connectivity index (χ3n) is 20.7. The molecule has 0 spiro atoms. The summed E-state index contributed by atoms with van der Waals surface area (Å²) in [6.07, 6.45) is 24.0. The Morgan fingerprint density at radius 1 is 0.189 bits per heavy atom. The van der Waals surface area contributed by atoms with Crippen molar-refractivity contribution in [3.8, 4) is 0 Å². The van der Waals surface area contributed by atoms with Gasteiger partial charge in [0.15, 0.2) is 66.5 Å². The van der Waals surface area contributed by atoms with E-state index in [1.807, 2.05) is 0 Å². The second kappa shape index (κ2) is 51.3. The fourth-order valence-corrected chi connectivity index (χ4v) is 67.0. The van der Waals surface area contributed by atoms with Crippen molar-refractivity contribution >= 4 is 121 Å². The summed E-state index contributed by atoms with van der Waals surface area (Å²) in [5, 5.41) is 5.54. The van der Waals surface area contributed by atoms with Crippen molar-refractivity contribution in [2.45, 2.75) is 418 Å². The minimum atomic E-state index is -1.92. The van der Waals surface area contributed by atoms with Crippen LogP contribution < -0.4 is 20.7 Å². The first kappa shape index (κ1) is 107. The number of hydrogen-bond acceptors (Lipinski definition) is 6. The second-order valence-corrected chi connectivity index (χ2v) is 90.0. The zero-order chi connectivity index (χ0) is 82.3. The molecule has 106 heavy (non-hydrogen) atoms. The van der Waals surface area contributed by atoms with Gasteiger partial charge in [0.1, 0.15) is 0 Å². The summed E-state index contributed by atoms with van der Waals surface area (Å²) in [5.41, 5.74) is 8.03. The monoisotopic (exact) mass is 1670 g/mol. The van der Waals surface area contributed by atoms with Crippen molar-refractivity contribution in [2.24, 2.45) is 0 Å². The Kier molecular flexibility index (Phi) is 51.9. The highest BCUT2D eigenvalue weighted by molar-refractivity contribution is 6.98. The molecule has 0 aromatic heterocycles. The molecule has 0 heterocycles. The molecular formula is C88H180O6Si12. The standard InChI is InChI=1S/C20H30OSi2.C18H26OSi2.C14H34OSi2.3C12H30OSi2/c1-15-9-11-19(13-17(15)3)22(5,6)21-23(7,8)20-12-10-16(2)18(4)14-20;1-15-7-11-17(12-8-15)20(3,4)19-21(5,6)18-13-9-16(2)10-14-18;1-7-9-11-13-16(3,4)15-17(5,6)14-12-10-8-2;3*1-7-9-11-14(3,4)13-15(5,6)12-10-8-2/h9-14H,1-8H3;7-14H,1-6H3;7-14H2,1-6H3;3*7-12H2,1-6H3. The lowest BCUT2D eigenvalue weighted by Crippen LogP contribution is -2.57. The maximum absolute atomic E-state index is 6.86. The molecule has 0 saturated carbocycles. The summed E-state index contributed by atoms with van der Waals surface area (Å²) >= 11 is 0. The van der Waals surface area contributed by atoms with Gasteiger partial charge in [0.05, 0.1) is 0 Å². The largest absolute Gasteiger partial charge is 0.455 e. The summed E-state index contributed by atoms with van der Waals surface area (Å²) in [7, 11) is -18.4. The second-order valence-electron chi connectivity index (χ2n) is 38.6. The Balaban J connectivity index is 0. The average molecular weight is 1670 g/mol. The molecule has 0 amide bonds. The molecule has 4 rings (SSSR count). The van der Waals surface area contributed by atoms with Crippen LogP contribution in [0, 0.1) is 41.5 Å². The highest BCUT2D eigenvalue weighted by Crippen LogP contribution is 2.30. The van der Waals surface area contributed by atoms with E-state index in [9.17, 15) is 0 Å². The molecule has 0 aliphatic heterocycles. The molecule has 0 bridgehead atoms. The van der Waals surface area contributed by atoms with E-state index >= 15 is 0 Å². The Hall–Kier alpha value is -0.757. The van der Waals surface area contributed by atoms with Gasteiger partial charge >= 0.3 is 0 Å². The first-order valence-electron chi connectivity index (χ1n) is 43.1. The van der Waals surface area contributed by atoms with Gasteiger partial charge in [-0.15, -0.1) is 0 Å². The molecule has 0 aliphatic carbocycles. The fourth-order valence-electron chi connectivity index (χ4n) is 14.3. The average Bonchev–Trinajstić information content (AvgIpc) is 0.798. The van der Waals surface area contributed by atoms with Gasteiger partial charge in [-0.3, -0.25) is 0 Å². The topological polar surface area (TPSA) is 55.4 Å². The molecule has 0 radical (unpaired) electrons. The van der Waals surface area contributed by atoms with E-state index in [1.54, 1.807) is 0 Å². The Labute approximate surface area is 676 Å². The minimum absolute atomic E-state index is 1.30. The van der Waals surface area contributed by atoms with Gasteiger partial charge < -0.3 is 24.7 Å². The number of hydrogen-bond donors (Lipinski definition) is 0. The predicted octanol–water partition coefficient (Wildman–Crippen LogP) is 29.1. The van der Waals surface area contributed by atoms with Gasteiger partial charge in [0, 0.05) is 0 Å². The molecule has 0 fully saturated rings. The predicted molar refractivity (Wildman–Crippen MR) is 516 cm³/mol. The van der Waals surface area contributed by atoms with Crippen molar-refractivity contribution in [3.05, 3.63) is 118 Å². The van der Waals surface area contributed by atoms with Gasteiger partial charge in [0.2, 0.25) is 33.3 Å². The molecule has 0 atom stereocenters. The molecule has 616 valence electrons. The van der Waals surface area contributed by atoms with E-state index in [-0.39, 0.29) is 0 Å². The van der Waals surface area contributed by atoms with Crippen LogP contribution in [0.3, 0.4) is 0 Å². The zero-order valence-electron chi connectivity index (χ0n) is 77.9. The molecule has 4 aromatic carbocycles. The van der Waals surface area contributed by atoms with Crippen molar-refractivity contribution < 1.29 is 24.7 Å². The van der Waals surface area contributed by atoms with E-state index in [1.165, 1.54) is 218 Å². The summed E-state index contributed by atoms with van der Waals surface area (Å²) in [6, 6.07) is 42.1. The fraction of sp³-hybridized carbons (Fsp3) is 0.727. The molecule has 0 unspecified atom stereocenters. The molecule has 6 nitrogen and oxygen atoms in total. The lowest BCUT2D eigenvalue weighted by Gasteiger charge is -2.35. The van der Waals surface area contributed by atoms with Crippen LogP contribution >= 0.6 is 0 Å². The third-order valence-corrected chi connectivity index (χ3v) is 65.8. The van der Waals surface area contributed by atoms with Crippen LogP contribution in [-0.4, -0.2) is 99.8 Å². The molecular weight excluding hydrogens is 1490 g/mol. The van der Waals surface area contributed by atoms with Crippen molar-refractivity contribution in [3.63, 3.8) is 0 Å². The number of benzene rings is 4.